The molecule has 3 nitrogen and oxygen atoms in total. The number of methoxy groups -OCH3 is 1. The summed E-state index contributed by atoms with van der Waals surface area (Å²) in [6.07, 6.45) is 3.70. The first-order chi connectivity index (χ1) is 9.86. The van der Waals surface area contributed by atoms with Gasteiger partial charge in [-0.3, -0.25) is 4.98 Å². The lowest BCUT2D eigenvalue weighted by Crippen LogP contribution is -2.00. The number of fused-ring (bicyclic) bond motifs is 1. The Morgan fingerprint density at radius 2 is 1.90 bits per heavy atom. The molecular weight excluding hydrogens is 248 g/mol. The molecule has 100 valence electrons. The highest BCUT2D eigenvalue weighted by atomic mass is 16.5. The lowest BCUT2D eigenvalue weighted by atomic mass is 10.1. The van der Waals surface area contributed by atoms with Crippen LogP contribution in [-0.4, -0.2) is 12.1 Å². The smallest absolute Gasteiger partial charge is 0.118 e. The minimum absolute atomic E-state index is 0.783. The van der Waals surface area contributed by atoms with E-state index in [2.05, 4.69) is 34.6 Å². The monoisotopic (exact) mass is 264 g/mol. The largest absolute Gasteiger partial charge is 0.497 e. The third-order valence-corrected chi connectivity index (χ3v) is 3.32. The summed E-state index contributed by atoms with van der Waals surface area (Å²) in [7, 11) is 1.68. The second-order valence-corrected chi connectivity index (χ2v) is 4.60. The minimum Gasteiger partial charge on any atom is -0.497 e. The molecule has 0 aliphatic heterocycles. The Labute approximate surface area is 118 Å². The van der Waals surface area contributed by atoms with Crippen molar-refractivity contribution in [2.75, 3.05) is 12.4 Å². The van der Waals surface area contributed by atoms with Crippen molar-refractivity contribution in [1.82, 2.24) is 4.98 Å². The van der Waals surface area contributed by atoms with Gasteiger partial charge in [0.15, 0.2) is 0 Å². The van der Waals surface area contributed by atoms with Crippen molar-refractivity contribution in [3.05, 3.63) is 66.5 Å². The number of ether oxygens (including phenoxy) is 1. The van der Waals surface area contributed by atoms with E-state index in [-0.39, 0.29) is 0 Å². The van der Waals surface area contributed by atoms with Crippen LogP contribution in [0.15, 0.2) is 60.9 Å². The van der Waals surface area contributed by atoms with Gasteiger partial charge in [-0.05, 0) is 29.8 Å². The fraction of sp³-hybridized carbons (Fsp3) is 0.118. The van der Waals surface area contributed by atoms with E-state index in [0.717, 1.165) is 23.4 Å². The van der Waals surface area contributed by atoms with Crippen molar-refractivity contribution in [2.45, 2.75) is 6.54 Å². The molecule has 1 N–H and O–H groups in total. The molecule has 0 amide bonds. The first-order valence-corrected chi connectivity index (χ1v) is 6.56. The van der Waals surface area contributed by atoms with Crippen molar-refractivity contribution < 1.29 is 4.74 Å². The number of pyridine rings is 1. The second kappa shape index (κ2) is 5.61. The topological polar surface area (TPSA) is 34.1 Å². The van der Waals surface area contributed by atoms with Gasteiger partial charge in [0.2, 0.25) is 0 Å². The zero-order valence-corrected chi connectivity index (χ0v) is 11.3. The van der Waals surface area contributed by atoms with E-state index >= 15 is 0 Å². The Bertz CT molecular complexity index is 702. The van der Waals surface area contributed by atoms with Gasteiger partial charge in [0, 0.05) is 35.4 Å². The number of rotatable bonds is 4. The predicted octanol–water partition coefficient (Wildman–Crippen LogP) is 3.86. The fourth-order valence-corrected chi connectivity index (χ4v) is 2.22. The maximum Gasteiger partial charge on any atom is 0.118 e. The van der Waals surface area contributed by atoms with Crippen LogP contribution >= 0.6 is 0 Å². The molecule has 3 heteroatoms. The van der Waals surface area contributed by atoms with Crippen molar-refractivity contribution in [3.63, 3.8) is 0 Å². The molecule has 0 saturated carbocycles. The molecule has 20 heavy (non-hydrogen) atoms. The molecule has 0 radical (unpaired) electrons. The molecule has 0 aliphatic carbocycles. The lowest BCUT2D eigenvalue weighted by Gasteiger charge is -2.10. The number of anilines is 1. The van der Waals surface area contributed by atoms with Crippen LogP contribution < -0.4 is 10.1 Å². The number of nitrogens with one attached hydrogen (secondary N) is 1. The van der Waals surface area contributed by atoms with Crippen molar-refractivity contribution in [2.24, 2.45) is 0 Å². The maximum atomic E-state index is 5.16. The van der Waals surface area contributed by atoms with Crippen LogP contribution in [0.5, 0.6) is 5.75 Å². The third-order valence-electron chi connectivity index (χ3n) is 3.32. The van der Waals surface area contributed by atoms with E-state index in [4.69, 9.17) is 4.74 Å². The standard InChI is InChI=1S/C17H16N2O/c1-20-15-7-5-13(6-8-15)11-19-17-4-2-3-14-12-18-10-9-16(14)17/h2-10,12,19H,11H2,1H3. The molecule has 0 saturated heterocycles. The van der Waals surface area contributed by atoms with E-state index in [9.17, 15) is 0 Å². The molecule has 0 bridgehead atoms. The summed E-state index contributed by atoms with van der Waals surface area (Å²) >= 11 is 0. The molecule has 0 fully saturated rings. The van der Waals surface area contributed by atoms with Crippen LogP contribution in [0.2, 0.25) is 0 Å². The summed E-state index contributed by atoms with van der Waals surface area (Å²) in [5, 5.41) is 5.81. The fourth-order valence-electron chi connectivity index (χ4n) is 2.22. The molecule has 3 rings (SSSR count). The number of hydrogen-bond acceptors (Lipinski definition) is 3. The van der Waals surface area contributed by atoms with Gasteiger partial charge in [-0.1, -0.05) is 24.3 Å². The van der Waals surface area contributed by atoms with E-state index in [1.807, 2.05) is 36.7 Å². The summed E-state index contributed by atoms with van der Waals surface area (Å²) in [6, 6.07) is 16.3. The number of nitrogens with zero attached hydrogens (tertiary/aromatic N) is 1. The molecule has 0 atom stereocenters. The highest BCUT2D eigenvalue weighted by Gasteiger charge is 2.00. The van der Waals surface area contributed by atoms with E-state index in [1.54, 1.807) is 7.11 Å². The molecule has 0 aliphatic rings. The highest BCUT2D eigenvalue weighted by Crippen LogP contribution is 2.23. The SMILES string of the molecule is COc1ccc(CNc2cccc3cnccc23)cc1. The van der Waals surface area contributed by atoms with Crippen LogP contribution in [0, 0.1) is 0 Å². The zero-order valence-electron chi connectivity index (χ0n) is 11.3. The highest BCUT2D eigenvalue weighted by molar-refractivity contribution is 5.93. The minimum atomic E-state index is 0.783. The van der Waals surface area contributed by atoms with Gasteiger partial charge in [0.1, 0.15) is 5.75 Å². The summed E-state index contributed by atoms with van der Waals surface area (Å²) in [5.74, 6) is 0.880. The van der Waals surface area contributed by atoms with Gasteiger partial charge in [0.05, 0.1) is 7.11 Å². The second-order valence-electron chi connectivity index (χ2n) is 4.60. The van der Waals surface area contributed by atoms with Gasteiger partial charge in [0.25, 0.3) is 0 Å². The third kappa shape index (κ3) is 2.57. The van der Waals surface area contributed by atoms with E-state index < -0.39 is 0 Å². The summed E-state index contributed by atoms with van der Waals surface area (Å²) in [5.41, 5.74) is 2.34. The van der Waals surface area contributed by atoms with Crippen molar-refractivity contribution in [1.29, 1.82) is 0 Å². The molecule has 0 spiro atoms. The summed E-state index contributed by atoms with van der Waals surface area (Å²) in [6.45, 7) is 0.783. The van der Waals surface area contributed by atoms with Gasteiger partial charge < -0.3 is 10.1 Å². The van der Waals surface area contributed by atoms with Crippen molar-refractivity contribution in [3.8, 4) is 5.75 Å². The number of aromatic nitrogens is 1. The van der Waals surface area contributed by atoms with Gasteiger partial charge in [-0.2, -0.15) is 0 Å². The van der Waals surface area contributed by atoms with E-state index in [0.29, 0.717) is 0 Å². The van der Waals surface area contributed by atoms with Gasteiger partial charge in [-0.25, -0.2) is 0 Å². The first kappa shape index (κ1) is 12.5. The number of benzene rings is 2. The number of hydrogen-bond donors (Lipinski definition) is 1. The Morgan fingerprint density at radius 3 is 2.70 bits per heavy atom. The Hall–Kier alpha value is -2.55. The molecule has 2 aromatic carbocycles. The summed E-state index contributed by atoms with van der Waals surface area (Å²) in [4.78, 5) is 4.15. The average molecular weight is 264 g/mol. The predicted molar refractivity (Wildman–Crippen MR) is 82.1 cm³/mol. The zero-order chi connectivity index (χ0) is 13.8. The van der Waals surface area contributed by atoms with Crippen molar-refractivity contribution >= 4 is 16.5 Å². The Balaban J connectivity index is 1.79. The van der Waals surface area contributed by atoms with Crippen LogP contribution in [0.3, 0.4) is 0 Å². The molecule has 0 unspecified atom stereocenters. The Morgan fingerprint density at radius 1 is 1.05 bits per heavy atom. The van der Waals surface area contributed by atoms with E-state index in [1.165, 1.54) is 10.9 Å². The van der Waals surface area contributed by atoms with Crippen LogP contribution in [0.4, 0.5) is 5.69 Å². The van der Waals surface area contributed by atoms with Crippen LogP contribution in [0.25, 0.3) is 10.8 Å². The molecular formula is C17H16N2O. The van der Waals surface area contributed by atoms with Crippen LogP contribution in [0.1, 0.15) is 5.56 Å². The van der Waals surface area contributed by atoms with Crippen LogP contribution in [-0.2, 0) is 6.54 Å². The molecule has 3 aromatic rings. The summed E-state index contributed by atoms with van der Waals surface area (Å²) < 4.78 is 5.16. The first-order valence-electron chi connectivity index (χ1n) is 6.56. The Kier molecular flexibility index (Phi) is 3.50. The lowest BCUT2D eigenvalue weighted by molar-refractivity contribution is 0.414. The van der Waals surface area contributed by atoms with Gasteiger partial charge in [-0.15, -0.1) is 0 Å². The van der Waals surface area contributed by atoms with Gasteiger partial charge >= 0.3 is 0 Å². The average Bonchev–Trinajstić information content (AvgIpc) is 2.53. The molecule has 1 heterocycles. The normalized spacial score (nSPS) is 10.4. The maximum absolute atomic E-state index is 5.16. The molecule has 1 aromatic heterocycles. The quantitative estimate of drug-likeness (QED) is 0.777.